The zero-order valence-corrected chi connectivity index (χ0v) is 10.5. The first-order chi connectivity index (χ1) is 7.05. The lowest BCUT2D eigenvalue weighted by atomic mass is 9.82. The first-order valence-electron chi connectivity index (χ1n) is 6.35. The quantitative estimate of drug-likeness (QED) is 0.736. The molecule has 0 aliphatic carbocycles. The van der Waals surface area contributed by atoms with Gasteiger partial charge in [0.05, 0.1) is 12.2 Å². The molecule has 2 nitrogen and oxygen atoms in total. The fourth-order valence-corrected chi connectivity index (χ4v) is 2.43. The Balaban J connectivity index is 2.23. The molecule has 1 N–H and O–H groups in total. The molecule has 0 aromatic heterocycles. The van der Waals surface area contributed by atoms with Gasteiger partial charge in [-0.25, -0.2) is 0 Å². The van der Waals surface area contributed by atoms with E-state index < -0.39 is 0 Å². The van der Waals surface area contributed by atoms with E-state index in [2.05, 4.69) is 20.8 Å². The molecule has 90 valence electrons. The van der Waals surface area contributed by atoms with Gasteiger partial charge in [-0.05, 0) is 37.5 Å². The van der Waals surface area contributed by atoms with Crippen LogP contribution in [0.4, 0.5) is 0 Å². The van der Waals surface area contributed by atoms with Crippen LogP contribution in [0.25, 0.3) is 0 Å². The molecule has 0 aromatic carbocycles. The van der Waals surface area contributed by atoms with Crippen LogP contribution in [0.15, 0.2) is 0 Å². The summed E-state index contributed by atoms with van der Waals surface area (Å²) in [7, 11) is 0. The van der Waals surface area contributed by atoms with Crippen molar-refractivity contribution in [3.8, 4) is 0 Å². The molecule has 2 heteroatoms. The Hall–Kier alpha value is -0.0800. The van der Waals surface area contributed by atoms with Crippen molar-refractivity contribution >= 4 is 0 Å². The van der Waals surface area contributed by atoms with Crippen LogP contribution in [0.5, 0.6) is 0 Å². The van der Waals surface area contributed by atoms with Gasteiger partial charge in [-0.15, -0.1) is 0 Å². The minimum atomic E-state index is -0.247. The molecule has 0 bridgehead atoms. The number of hydrogen-bond donors (Lipinski definition) is 1. The van der Waals surface area contributed by atoms with Gasteiger partial charge in [-0.3, -0.25) is 0 Å². The molecule has 1 aliphatic heterocycles. The maximum atomic E-state index is 9.96. The van der Waals surface area contributed by atoms with Gasteiger partial charge in [-0.1, -0.05) is 27.2 Å². The lowest BCUT2D eigenvalue weighted by Gasteiger charge is -2.26. The third-order valence-electron chi connectivity index (χ3n) is 3.44. The van der Waals surface area contributed by atoms with E-state index in [0.29, 0.717) is 5.41 Å². The third kappa shape index (κ3) is 4.52. The maximum Gasteiger partial charge on any atom is 0.0834 e. The maximum absolute atomic E-state index is 9.96. The second kappa shape index (κ2) is 5.86. The van der Waals surface area contributed by atoms with Crippen LogP contribution in [0.1, 0.15) is 59.3 Å². The molecule has 1 aliphatic rings. The van der Waals surface area contributed by atoms with Crippen molar-refractivity contribution in [2.75, 3.05) is 6.61 Å². The molecule has 1 rings (SSSR count). The average molecular weight is 214 g/mol. The Morgan fingerprint density at radius 1 is 1.40 bits per heavy atom. The van der Waals surface area contributed by atoms with Crippen LogP contribution in [-0.2, 0) is 4.74 Å². The highest BCUT2D eigenvalue weighted by molar-refractivity contribution is 4.77. The number of rotatable bonds is 6. The normalized spacial score (nSPS) is 24.4. The summed E-state index contributed by atoms with van der Waals surface area (Å²) in [4.78, 5) is 0. The number of hydrogen-bond acceptors (Lipinski definition) is 2. The monoisotopic (exact) mass is 214 g/mol. The van der Waals surface area contributed by atoms with E-state index >= 15 is 0 Å². The lowest BCUT2D eigenvalue weighted by molar-refractivity contribution is -0.0108. The highest BCUT2D eigenvalue weighted by Crippen LogP contribution is 2.30. The summed E-state index contributed by atoms with van der Waals surface area (Å²) in [6.07, 6.45) is 6.47. The molecule has 1 heterocycles. The van der Waals surface area contributed by atoms with E-state index in [1.807, 2.05) is 0 Å². The van der Waals surface area contributed by atoms with Crippen molar-refractivity contribution in [1.29, 1.82) is 0 Å². The molecule has 0 amide bonds. The van der Waals surface area contributed by atoms with Gasteiger partial charge in [0.1, 0.15) is 0 Å². The van der Waals surface area contributed by atoms with E-state index in [4.69, 9.17) is 4.74 Å². The minimum Gasteiger partial charge on any atom is -0.390 e. The number of ether oxygens (including phenoxy) is 1. The molecule has 0 radical (unpaired) electrons. The predicted molar refractivity (Wildman–Crippen MR) is 62.9 cm³/mol. The van der Waals surface area contributed by atoms with Crippen LogP contribution < -0.4 is 0 Å². The predicted octanol–water partition coefficient (Wildman–Crippen LogP) is 3.13. The Labute approximate surface area is 94.0 Å². The zero-order valence-electron chi connectivity index (χ0n) is 10.5. The van der Waals surface area contributed by atoms with Gasteiger partial charge < -0.3 is 9.84 Å². The second-order valence-electron chi connectivity index (χ2n) is 5.57. The molecule has 2 unspecified atom stereocenters. The standard InChI is InChI=1S/C13H26O2/c1-4-8-13(2,3)9-7-11(14)12-6-5-10-15-12/h11-12,14H,4-10H2,1-3H3. The fraction of sp³-hybridized carbons (Fsp3) is 1.00. The van der Waals surface area contributed by atoms with Crippen LogP contribution in [0, 0.1) is 5.41 Å². The summed E-state index contributed by atoms with van der Waals surface area (Å²) in [5, 5.41) is 9.96. The molecular formula is C13H26O2. The average Bonchev–Trinajstić information content (AvgIpc) is 2.67. The van der Waals surface area contributed by atoms with Crippen molar-refractivity contribution in [2.24, 2.45) is 5.41 Å². The summed E-state index contributed by atoms with van der Waals surface area (Å²) < 4.78 is 5.49. The Morgan fingerprint density at radius 3 is 2.67 bits per heavy atom. The fourth-order valence-electron chi connectivity index (χ4n) is 2.43. The lowest BCUT2D eigenvalue weighted by Crippen LogP contribution is -2.27. The van der Waals surface area contributed by atoms with Crippen molar-refractivity contribution < 1.29 is 9.84 Å². The molecule has 0 spiro atoms. The Bertz CT molecular complexity index is 171. The van der Waals surface area contributed by atoms with Gasteiger partial charge >= 0.3 is 0 Å². The van der Waals surface area contributed by atoms with Crippen LogP contribution in [0.3, 0.4) is 0 Å². The molecule has 0 saturated carbocycles. The van der Waals surface area contributed by atoms with E-state index in [1.165, 1.54) is 12.8 Å². The smallest absolute Gasteiger partial charge is 0.0834 e. The number of aliphatic hydroxyl groups excluding tert-OH is 1. The first-order valence-corrected chi connectivity index (χ1v) is 6.35. The van der Waals surface area contributed by atoms with Gasteiger partial charge in [0.25, 0.3) is 0 Å². The summed E-state index contributed by atoms with van der Waals surface area (Å²) >= 11 is 0. The molecular weight excluding hydrogens is 188 g/mol. The topological polar surface area (TPSA) is 29.5 Å². The molecule has 1 saturated heterocycles. The first kappa shape index (κ1) is 13.0. The van der Waals surface area contributed by atoms with Crippen LogP contribution in [-0.4, -0.2) is 23.9 Å². The van der Waals surface area contributed by atoms with E-state index in [-0.39, 0.29) is 12.2 Å². The summed E-state index contributed by atoms with van der Waals surface area (Å²) in [6, 6.07) is 0. The van der Waals surface area contributed by atoms with Crippen LogP contribution in [0.2, 0.25) is 0 Å². The molecule has 1 fully saturated rings. The van der Waals surface area contributed by atoms with Gasteiger partial charge in [0.15, 0.2) is 0 Å². The zero-order chi connectivity index (χ0) is 11.3. The molecule has 2 atom stereocenters. The highest BCUT2D eigenvalue weighted by atomic mass is 16.5. The molecule has 15 heavy (non-hydrogen) atoms. The largest absolute Gasteiger partial charge is 0.390 e. The van der Waals surface area contributed by atoms with Crippen molar-refractivity contribution in [3.05, 3.63) is 0 Å². The van der Waals surface area contributed by atoms with E-state index in [1.54, 1.807) is 0 Å². The van der Waals surface area contributed by atoms with E-state index in [0.717, 1.165) is 32.3 Å². The van der Waals surface area contributed by atoms with Crippen molar-refractivity contribution in [1.82, 2.24) is 0 Å². The number of aliphatic hydroxyl groups is 1. The van der Waals surface area contributed by atoms with E-state index in [9.17, 15) is 5.11 Å². The summed E-state index contributed by atoms with van der Waals surface area (Å²) in [6.45, 7) is 7.63. The van der Waals surface area contributed by atoms with Crippen molar-refractivity contribution in [2.45, 2.75) is 71.5 Å². The Morgan fingerprint density at radius 2 is 2.13 bits per heavy atom. The minimum absolute atomic E-state index is 0.113. The summed E-state index contributed by atoms with van der Waals surface area (Å²) in [5.74, 6) is 0. The van der Waals surface area contributed by atoms with Gasteiger partial charge in [-0.2, -0.15) is 0 Å². The Kier molecular flexibility index (Phi) is 5.07. The second-order valence-corrected chi connectivity index (χ2v) is 5.57. The van der Waals surface area contributed by atoms with Gasteiger partial charge in [0.2, 0.25) is 0 Å². The van der Waals surface area contributed by atoms with Crippen molar-refractivity contribution in [3.63, 3.8) is 0 Å². The van der Waals surface area contributed by atoms with Crippen LogP contribution >= 0.6 is 0 Å². The van der Waals surface area contributed by atoms with Gasteiger partial charge in [0, 0.05) is 6.61 Å². The third-order valence-corrected chi connectivity index (χ3v) is 3.44. The highest BCUT2D eigenvalue weighted by Gasteiger charge is 2.26. The molecule has 0 aromatic rings. The summed E-state index contributed by atoms with van der Waals surface area (Å²) in [5.41, 5.74) is 0.369. The SMILES string of the molecule is CCCC(C)(C)CCC(O)C1CCCO1.